The van der Waals surface area contributed by atoms with E-state index in [2.05, 4.69) is 39.2 Å². The van der Waals surface area contributed by atoms with E-state index in [4.69, 9.17) is 4.74 Å². The number of ether oxygens (including phenoxy) is 1. The van der Waals surface area contributed by atoms with E-state index in [1.165, 1.54) is 41.5 Å². The third kappa shape index (κ3) is 2.64. The monoisotopic (exact) mass is 261 g/mol. The molecule has 106 valence electrons. The van der Waals surface area contributed by atoms with Gasteiger partial charge in [0.25, 0.3) is 0 Å². The van der Waals surface area contributed by atoms with E-state index in [-0.39, 0.29) is 0 Å². The lowest BCUT2D eigenvalue weighted by atomic mass is 9.64. The standard InChI is InChI=1S/C17H27NO/c1-12-9-13(2)15(16(19-5)14(12)3)10-17(11-18-4)7-6-8-17/h9,18H,6-8,10-11H2,1-5H3. The summed E-state index contributed by atoms with van der Waals surface area (Å²) in [7, 11) is 3.86. The van der Waals surface area contributed by atoms with Gasteiger partial charge in [0.2, 0.25) is 0 Å². The van der Waals surface area contributed by atoms with Crippen molar-refractivity contribution >= 4 is 0 Å². The van der Waals surface area contributed by atoms with Crippen LogP contribution in [-0.4, -0.2) is 20.7 Å². The summed E-state index contributed by atoms with van der Waals surface area (Å²) in [5.41, 5.74) is 5.87. The first kappa shape index (κ1) is 14.4. The van der Waals surface area contributed by atoms with Crippen molar-refractivity contribution in [1.82, 2.24) is 5.32 Å². The number of rotatable bonds is 5. The molecule has 1 aromatic carbocycles. The highest BCUT2D eigenvalue weighted by Gasteiger charge is 2.37. The summed E-state index contributed by atoms with van der Waals surface area (Å²) < 4.78 is 5.71. The van der Waals surface area contributed by atoms with Gasteiger partial charge in [-0.05, 0) is 74.8 Å². The number of hydrogen-bond acceptors (Lipinski definition) is 2. The van der Waals surface area contributed by atoms with Crippen LogP contribution in [0, 0.1) is 26.2 Å². The fraction of sp³-hybridized carbons (Fsp3) is 0.647. The molecule has 0 heterocycles. The second-order valence-electron chi connectivity index (χ2n) is 6.21. The second-order valence-corrected chi connectivity index (χ2v) is 6.21. The van der Waals surface area contributed by atoms with Crippen LogP contribution in [0.25, 0.3) is 0 Å². The van der Waals surface area contributed by atoms with E-state index in [0.717, 1.165) is 18.7 Å². The Morgan fingerprint density at radius 1 is 1.21 bits per heavy atom. The third-order valence-electron chi connectivity index (χ3n) is 4.84. The zero-order valence-electron chi connectivity index (χ0n) is 13.0. The summed E-state index contributed by atoms with van der Waals surface area (Å²) in [6.45, 7) is 7.67. The molecule has 0 aliphatic heterocycles. The molecule has 0 amide bonds. The van der Waals surface area contributed by atoms with Gasteiger partial charge in [-0.2, -0.15) is 0 Å². The van der Waals surface area contributed by atoms with Crippen molar-refractivity contribution in [1.29, 1.82) is 0 Å². The first-order valence-electron chi connectivity index (χ1n) is 7.31. The van der Waals surface area contributed by atoms with Crippen LogP contribution >= 0.6 is 0 Å². The smallest absolute Gasteiger partial charge is 0.125 e. The molecule has 1 aliphatic rings. The van der Waals surface area contributed by atoms with Gasteiger partial charge in [0.1, 0.15) is 5.75 Å². The molecule has 0 atom stereocenters. The number of hydrogen-bond donors (Lipinski definition) is 1. The minimum atomic E-state index is 0.453. The molecule has 0 unspecified atom stereocenters. The van der Waals surface area contributed by atoms with E-state index in [1.54, 1.807) is 7.11 Å². The van der Waals surface area contributed by atoms with Crippen LogP contribution in [0.15, 0.2) is 6.07 Å². The molecule has 1 aromatic rings. The largest absolute Gasteiger partial charge is 0.496 e. The van der Waals surface area contributed by atoms with Crippen molar-refractivity contribution in [3.63, 3.8) is 0 Å². The Bertz CT molecular complexity index is 461. The van der Waals surface area contributed by atoms with E-state index in [1.807, 2.05) is 0 Å². The molecule has 1 aliphatic carbocycles. The minimum Gasteiger partial charge on any atom is -0.496 e. The van der Waals surface area contributed by atoms with Crippen LogP contribution < -0.4 is 10.1 Å². The van der Waals surface area contributed by atoms with Crippen LogP contribution in [0.5, 0.6) is 5.75 Å². The Morgan fingerprint density at radius 3 is 2.37 bits per heavy atom. The summed E-state index contributed by atoms with van der Waals surface area (Å²) in [5.74, 6) is 1.11. The van der Waals surface area contributed by atoms with Crippen molar-refractivity contribution in [2.45, 2.75) is 46.5 Å². The minimum absolute atomic E-state index is 0.453. The molecular formula is C17H27NO. The van der Waals surface area contributed by atoms with Gasteiger partial charge in [0.05, 0.1) is 7.11 Å². The average molecular weight is 261 g/mol. The van der Waals surface area contributed by atoms with Crippen molar-refractivity contribution < 1.29 is 4.74 Å². The molecule has 0 radical (unpaired) electrons. The molecule has 0 saturated heterocycles. The van der Waals surface area contributed by atoms with Gasteiger partial charge >= 0.3 is 0 Å². The van der Waals surface area contributed by atoms with Crippen molar-refractivity contribution in [3.8, 4) is 5.75 Å². The summed E-state index contributed by atoms with van der Waals surface area (Å²) in [4.78, 5) is 0. The van der Waals surface area contributed by atoms with Gasteiger partial charge in [0, 0.05) is 6.54 Å². The van der Waals surface area contributed by atoms with Gasteiger partial charge in [-0.1, -0.05) is 12.5 Å². The lowest BCUT2D eigenvalue weighted by Gasteiger charge is -2.43. The summed E-state index contributed by atoms with van der Waals surface area (Å²) >= 11 is 0. The molecule has 1 N–H and O–H groups in total. The fourth-order valence-corrected chi connectivity index (χ4v) is 3.44. The Labute approximate surface area is 117 Å². The number of nitrogens with one attached hydrogen (secondary N) is 1. The maximum absolute atomic E-state index is 5.71. The highest BCUT2D eigenvalue weighted by Crippen LogP contribution is 2.45. The maximum atomic E-state index is 5.71. The molecule has 1 saturated carbocycles. The van der Waals surface area contributed by atoms with Crippen LogP contribution in [-0.2, 0) is 6.42 Å². The molecule has 2 rings (SSSR count). The summed E-state index contributed by atoms with van der Waals surface area (Å²) in [6.07, 6.45) is 5.19. The van der Waals surface area contributed by atoms with Crippen LogP contribution in [0.4, 0.5) is 0 Å². The van der Waals surface area contributed by atoms with E-state index >= 15 is 0 Å². The van der Waals surface area contributed by atoms with Gasteiger partial charge in [-0.25, -0.2) is 0 Å². The number of methoxy groups -OCH3 is 1. The highest BCUT2D eigenvalue weighted by atomic mass is 16.5. The Morgan fingerprint density at radius 2 is 1.89 bits per heavy atom. The maximum Gasteiger partial charge on any atom is 0.125 e. The normalized spacial score (nSPS) is 17.1. The zero-order valence-corrected chi connectivity index (χ0v) is 13.0. The first-order chi connectivity index (χ1) is 9.03. The Balaban J connectivity index is 2.36. The molecule has 0 aromatic heterocycles. The summed E-state index contributed by atoms with van der Waals surface area (Å²) in [6, 6.07) is 2.30. The lowest BCUT2D eigenvalue weighted by Crippen LogP contribution is -2.40. The number of benzene rings is 1. The molecule has 1 fully saturated rings. The molecule has 0 bridgehead atoms. The van der Waals surface area contributed by atoms with Crippen molar-refractivity contribution in [2.75, 3.05) is 20.7 Å². The van der Waals surface area contributed by atoms with Gasteiger partial charge in [-0.3, -0.25) is 0 Å². The van der Waals surface area contributed by atoms with Gasteiger partial charge in [-0.15, -0.1) is 0 Å². The molecule has 19 heavy (non-hydrogen) atoms. The molecule has 0 spiro atoms. The number of aryl methyl sites for hydroxylation is 2. The van der Waals surface area contributed by atoms with Gasteiger partial charge < -0.3 is 10.1 Å². The molecular weight excluding hydrogens is 234 g/mol. The average Bonchev–Trinajstić information content (AvgIpc) is 2.33. The Hall–Kier alpha value is -1.02. The Kier molecular flexibility index (Phi) is 4.19. The van der Waals surface area contributed by atoms with E-state index in [0.29, 0.717) is 5.41 Å². The quantitative estimate of drug-likeness (QED) is 0.875. The van der Waals surface area contributed by atoms with Gasteiger partial charge in [0.15, 0.2) is 0 Å². The summed E-state index contributed by atoms with van der Waals surface area (Å²) in [5, 5.41) is 3.37. The first-order valence-corrected chi connectivity index (χ1v) is 7.31. The SMILES string of the molecule is CNCC1(Cc2c(C)cc(C)c(C)c2OC)CCC1. The predicted molar refractivity (Wildman–Crippen MR) is 81.1 cm³/mol. The van der Waals surface area contributed by atoms with E-state index in [9.17, 15) is 0 Å². The highest BCUT2D eigenvalue weighted by molar-refractivity contribution is 5.50. The topological polar surface area (TPSA) is 21.3 Å². The zero-order chi connectivity index (χ0) is 14.0. The van der Waals surface area contributed by atoms with E-state index < -0.39 is 0 Å². The lowest BCUT2D eigenvalue weighted by molar-refractivity contribution is 0.132. The third-order valence-corrected chi connectivity index (χ3v) is 4.84. The van der Waals surface area contributed by atoms with Crippen molar-refractivity contribution in [2.24, 2.45) is 5.41 Å². The van der Waals surface area contributed by atoms with Crippen LogP contribution in [0.3, 0.4) is 0 Å². The predicted octanol–water partition coefficient (Wildman–Crippen LogP) is 3.55. The second kappa shape index (κ2) is 5.54. The molecule has 2 heteroatoms. The van der Waals surface area contributed by atoms with Crippen LogP contribution in [0.2, 0.25) is 0 Å². The van der Waals surface area contributed by atoms with Crippen LogP contribution in [0.1, 0.15) is 41.5 Å². The fourth-order valence-electron chi connectivity index (χ4n) is 3.44. The van der Waals surface area contributed by atoms with Crippen molar-refractivity contribution in [3.05, 3.63) is 28.3 Å². The molecule has 2 nitrogen and oxygen atoms in total.